The van der Waals surface area contributed by atoms with Crippen LogP contribution < -0.4 is 5.48 Å². The van der Waals surface area contributed by atoms with Gasteiger partial charge in [-0.3, -0.25) is 4.79 Å². The van der Waals surface area contributed by atoms with Gasteiger partial charge in [-0.2, -0.15) is 0 Å². The van der Waals surface area contributed by atoms with Crippen LogP contribution in [0.2, 0.25) is 0 Å². The molecule has 1 atom stereocenters. The summed E-state index contributed by atoms with van der Waals surface area (Å²) >= 11 is 0. The first-order chi connectivity index (χ1) is 3.27. The van der Waals surface area contributed by atoms with Crippen LogP contribution in [-0.2, 0) is 9.63 Å². The number of aliphatic hydroxyl groups is 1. The van der Waals surface area contributed by atoms with Crippen molar-refractivity contribution in [2.45, 2.75) is 13.2 Å². The van der Waals surface area contributed by atoms with E-state index in [4.69, 9.17) is 5.11 Å². The molecule has 4 nitrogen and oxygen atoms in total. The Kier molecular flexibility index (Phi) is 3.26. The molecule has 0 amide bonds. The molecule has 0 spiro atoms. The fourth-order valence-corrected chi connectivity index (χ4v) is 0.126. The van der Waals surface area contributed by atoms with Gasteiger partial charge in [0.25, 0.3) is 0 Å². The second kappa shape index (κ2) is 3.58. The average molecular weight is 105 g/mol. The predicted octanol–water partition coefficient (Wildman–Crippen LogP) is -0.998. The van der Waals surface area contributed by atoms with Crippen molar-refractivity contribution in [2.75, 3.05) is 0 Å². The van der Waals surface area contributed by atoms with Gasteiger partial charge in [0, 0.05) is 0 Å². The van der Waals surface area contributed by atoms with Gasteiger partial charge in [0.2, 0.25) is 0 Å². The third-order valence-electron chi connectivity index (χ3n) is 0.287. The van der Waals surface area contributed by atoms with Crippen LogP contribution in [0.4, 0.5) is 0 Å². The normalized spacial score (nSPS) is 12.9. The topological polar surface area (TPSA) is 58.6 Å². The fourth-order valence-electron chi connectivity index (χ4n) is 0.126. The Bertz CT molecular complexity index is 54.1. The maximum atomic E-state index is 9.31. The third-order valence-corrected chi connectivity index (χ3v) is 0.287. The van der Waals surface area contributed by atoms with Crippen molar-refractivity contribution in [3.05, 3.63) is 0 Å². The summed E-state index contributed by atoms with van der Waals surface area (Å²) in [6.45, 7) is 1.64. The largest absolute Gasteiger partial charge is 0.376 e. The second-order valence-electron chi connectivity index (χ2n) is 1.01. The van der Waals surface area contributed by atoms with Crippen LogP contribution in [0.5, 0.6) is 0 Å². The van der Waals surface area contributed by atoms with Crippen molar-refractivity contribution in [2.24, 2.45) is 0 Å². The number of hydroxylamine groups is 1. The first kappa shape index (κ1) is 6.39. The van der Waals surface area contributed by atoms with Crippen LogP contribution in [-0.4, -0.2) is 17.8 Å². The lowest BCUT2D eigenvalue weighted by Gasteiger charge is -2.00. The van der Waals surface area contributed by atoms with Crippen LogP contribution >= 0.6 is 0 Å². The van der Waals surface area contributed by atoms with Crippen LogP contribution in [0.15, 0.2) is 0 Å². The van der Waals surface area contributed by atoms with Crippen molar-refractivity contribution in [1.82, 2.24) is 5.48 Å². The predicted molar refractivity (Wildman–Crippen MR) is 22.0 cm³/mol. The molecule has 1 unspecified atom stereocenters. The lowest BCUT2D eigenvalue weighted by atomic mass is 10.7. The smallest absolute Gasteiger partial charge is 0.312 e. The second-order valence-corrected chi connectivity index (χ2v) is 1.01. The van der Waals surface area contributed by atoms with E-state index in [0.717, 1.165) is 0 Å². The summed E-state index contributed by atoms with van der Waals surface area (Å²) in [6, 6.07) is 0. The molecule has 0 aromatic carbocycles. The fraction of sp³-hybridized carbons (Fsp3) is 0.667. The average Bonchev–Trinajstić information content (AvgIpc) is 1.61. The number of nitrogens with one attached hydrogen (secondary N) is 1. The van der Waals surface area contributed by atoms with Gasteiger partial charge in [0.05, 0.1) is 0 Å². The molecule has 42 valence electrons. The molecule has 4 heteroatoms. The Labute approximate surface area is 41.0 Å². The summed E-state index contributed by atoms with van der Waals surface area (Å²) in [5, 5.41) is 8.29. The van der Waals surface area contributed by atoms with E-state index >= 15 is 0 Å². The number of aliphatic hydroxyl groups excluding tert-OH is 1. The van der Waals surface area contributed by atoms with E-state index in [2.05, 4.69) is 4.84 Å². The van der Waals surface area contributed by atoms with Gasteiger partial charge in [-0.25, -0.2) is 0 Å². The zero-order valence-electron chi connectivity index (χ0n) is 3.92. The van der Waals surface area contributed by atoms with Gasteiger partial charge in [-0.1, -0.05) is 0 Å². The molecule has 0 aromatic heterocycles. The van der Waals surface area contributed by atoms with Gasteiger partial charge >= 0.3 is 6.47 Å². The van der Waals surface area contributed by atoms with Crippen LogP contribution in [0.3, 0.4) is 0 Å². The van der Waals surface area contributed by atoms with Crippen molar-refractivity contribution in [3.8, 4) is 0 Å². The summed E-state index contributed by atoms with van der Waals surface area (Å²) in [5.41, 5.74) is 1.98. The van der Waals surface area contributed by atoms with Gasteiger partial charge in [0.15, 0.2) is 0 Å². The minimum Gasteiger partial charge on any atom is -0.376 e. The van der Waals surface area contributed by atoms with Crippen LogP contribution in [0.25, 0.3) is 0 Å². The number of rotatable bonds is 3. The van der Waals surface area contributed by atoms with Crippen LogP contribution in [0.1, 0.15) is 6.92 Å². The molecule has 7 heavy (non-hydrogen) atoms. The number of carbonyl (C=O) groups excluding carboxylic acids is 1. The molecule has 0 bridgehead atoms. The lowest BCUT2D eigenvalue weighted by Crippen LogP contribution is -2.24. The molecule has 0 fully saturated rings. The van der Waals surface area contributed by atoms with Crippen LogP contribution in [0, 0.1) is 0 Å². The Balaban J connectivity index is 2.81. The van der Waals surface area contributed by atoms with Gasteiger partial charge in [0.1, 0.15) is 6.23 Å². The van der Waals surface area contributed by atoms with E-state index in [1.165, 1.54) is 6.92 Å². The van der Waals surface area contributed by atoms with E-state index in [9.17, 15) is 4.79 Å². The number of carbonyl (C=O) groups is 1. The summed E-state index contributed by atoms with van der Waals surface area (Å²) in [4.78, 5) is 13.2. The zero-order valence-corrected chi connectivity index (χ0v) is 3.92. The van der Waals surface area contributed by atoms with Crippen molar-refractivity contribution in [3.63, 3.8) is 0 Å². The Morgan fingerprint density at radius 2 is 2.57 bits per heavy atom. The Hall–Kier alpha value is -0.610. The Morgan fingerprint density at radius 1 is 2.00 bits per heavy atom. The number of hydrogen-bond acceptors (Lipinski definition) is 4. The van der Waals surface area contributed by atoms with E-state index in [1.807, 2.05) is 5.48 Å². The first-order valence-corrected chi connectivity index (χ1v) is 1.80. The van der Waals surface area contributed by atoms with Crippen molar-refractivity contribution >= 4 is 6.47 Å². The molecule has 0 saturated heterocycles. The van der Waals surface area contributed by atoms with E-state index in [1.54, 1.807) is 0 Å². The molecule has 2 N–H and O–H groups in total. The van der Waals surface area contributed by atoms with E-state index in [0.29, 0.717) is 0 Å². The van der Waals surface area contributed by atoms with Gasteiger partial charge in [-0.15, -0.1) is 5.48 Å². The van der Waals surface area contributed by atoms with Gasteiger partial charge in [-0.05, 0) is 6.92 Å². The summed E-state index contributed by atoms with van der Waals surface area (Å²) < 4.78 is 0. The highest BCUT2D eigenvalue weighted by atomic mass is 16.7. The quantitative estimate of drug-likeness (QED) is 0.274. The standard InChI is InChI=1S/C3H7NO3/c1-3(6)4-7-2-5/h2-4,6H,1H3. The molecule has 0 aliphatic rings. The molecule has 0 heterocycles. The zero-order chi connectivity index (χ0) is 5.70. The highest BCUT2D eigenvalue weighted by Crippen LogP contribution is 1.66. The lowest BCUT2D eigenvalue weighted by molar-refractivity contribution is -0.142. The minimum absolute atomic E-state index is 0.201. The molecular weight excluding hydrogens is 98.0 g/mol. The first-order valence-electron chi connectivity index (χ1n) is 1.80. The maximum absolute atomic E-state index is 9.31. The highest BCUT2D eigenvalue weighted by Gasteiger charge is 1.87. The van der Waals surface area contributed by atoms with E-state index in [-0.39, 0.29) is 6.47 Å². The molecular formula is C3H7NO3. The summed E-state index contributed by atoms with van der Waals surface area (Å²) in [6.07, 6.45) is -0.801. The van der Waals surface area contributed by atoms with Gasteiger partial charge < -0.3 is 9.94 Å². The molecule has 0 rings (SSSR count). The molecule has 0 radical (unpaired) electrons. The third kappa shape index (κ3) is 5.39. The number of hydrogen-bond donors (Lipinski definition) is 2. The molecule has 0 aromatic rings. The Morgan fingerprint density at radius 3 is 2.71 bits per heavy atom. The van der Waals surface area contributed by atoms with Crippen molar-refractivity contribution in [1.29, 1.82) is 0 Å². The van der Waals surface area contributed by atoms with E-state index < -0.39 is 6.23 Å². The minimum atomic E-state index is -0.801. The molecule has 0 aliphatic carbocycles. The monoisotopic (exact) mass is 105 g/mol. The summed E-state index contributed by atoms with van der Waals surface area (Å²) in [7, 11) is 0. The van der Waals surface area contributed by atoms with Crippen molar-refractivity contribution < 1.29 is 14.7 Å². The SMILES string of the molecule is CC(O)NOC=O. The highest BCUT2D eigenvalue weighted by molar-refractivity contribution is 5.36. The molecule has 0 aliphatic heterocycles. The maximum Gasteiger partial charge on any atom is 0.312 e. The summed E-state index contributed by atoms with van der Waals surface area (Å²) in [5.74, 6) is 0. The molecule has 0 saturated carbocycles.